The average Bonchev–Trinajstić information content (AvgIpc) is 2.69. The summed E-state index contributed by atoms with van der Waals surface area (Å²) in [5.41, 5.74) is 3.35. The van der Waals surface area contributed by atoms with Gasteiger partial charge in [-0.25, -0.2) is 4.98 Å². The predicted octanol–water partition coefficient (Wildman–Crippen LogP) is 3.52. The highest BCUT2D eigenvalue weighted by atomic mass is 79.9. The highest BCUT2D eigenvalue weighted by Gasteiger charge is 2.07. The zero-order valence-electron chi connectivity index (χ0n) is 10.5. The van der Waals surface area contributed by atoms with Crippen molar-refractivity contribution >= 4 is 27.0 Å². The third-order valence-electron chi connectivity index (χ3n) is 3.02. The first kappa shape index (κ1) is 12.6. The van der Waals surface area contributed by atoms with Gasteiger partial charge < -0.3 is 10.3 Å². The number of nitrogens with one attached hydrogen (secondary N) is 2. The van der Waals surface area contributed by atoms with E-state index in [1.54, 1.807) is 0 Å². The molecule has 1 aromatic heterocycles. The zero-order chi connectivity index (χ0) is 12.4. The lowest BCUT2D eigenvalue weighted by molar-refractivity contribution is 0.525. The number of H-pyrrole nitrogens is 1. The summed E-state index contributed by atoms with van der Waals surface area (Å²) in [5.74, 6) is 1.00. The average molecular weight is 296 g/mol. The summed E-state index contributed by atoms with van der Waals surface area (Å²) in [7, 11) is 0. The Hall–Kier alpha value is -0.870. The Morgan fingerprint density at radius 2 is 2.24 bits per heavy atom. The van der Waals surface area contributed by atoms with E-state index in [1.807, 2.05) is 0 Å². The van der Waals surface area contributed by atoms with Crippen LogP contribution in [0.1, 0.15) is 31.7 Å². The van der Waals surface area contributed by atoms with Crippen LogP contribution in [0.2, 0.25) is 0 Å². The summed E-state index contributed by atoms with van der Waals surface area (Å²) in [4.78, 5) is 7.97. The first-order chi connectivity index (χ1) is 8.10. The second-order valence-corrected chi connectivity index (χ2v) is 5.41. The van der Waals surface area contributed by atoms with Crippen LogP contribution in [-0.4, -0.2) is 16.0 Å². The quantitative estimate of drug-likeness (QED) is 0.906. The normalized spacial score (nSPS) is 13.2. The molecule has 3 nitrogen and oxygen atoms in total. The van der Waals surface area contributed by atoms with Gasteiger partial charge in [-0.1, -0.05) is 22.9 Å². The van der Waals surface area contributed by atoms with Gasteiger partial charge in [0.25, 0.3) is 0 Å². The van der Waals surface area contributed by atoms with E-state index in [2.05, 4.69) is 64.1 Å². The molecule has 0 radical (unpaired) electrons. The summed E-state index contributed by atoms with van der Waals surface area (Å²) in [6, 6.07) is 4.69. The van der Waals surface area contributed by atoms with E-state index in [0.717, 1.165) is 34.3 Å². The highest BCUT2D eigenvalue weighted by molar-refractivity contribution is 9.10. The van der Waals surface area contributed by atoms with Gasteiger partial charge in [-0.15, -0.1) is 0 Å². The van der Waals surface area contributed by atoms with Gasteiger partial charge >= 0.3 is 0 Å². The number of halogens is 1. The Bertz CT molecular complexity index is 519. The van der Waals surface area contributed by atoms with Crippen molar-refractivity contribution in [2.45, 2.75) is 39.8 Å². The Morgan fingerprint density at radius 3 is 2.94 bits per heavy atom. The van der Waals surface area contributed by atoms with Gasteiger partial charge in [-0.2, -0.15) is 0 Å². The van der Waals surface area contributed by atoms with Gasteiger partial charge in [-0.05, 0) is 38.0 Å². The van der Waals surface area contributed by atoms with Crippen LogP contribution >= 0.6 is 15.9 Å². The van der Waals surface area contributed by atoms with Crippen LogP contribution in [0.25, 0.3) is 11.0 Å². The Balaban J connectivity index is 2.23. The summed E-state index contributed by atoms with van der Waals surface area (Å²) >= 11 is 3.50. The SMILES string of the molecule is CCC(C)NCc1nc2c(C)cc(Br)cc2[nH]1. The summed E-state index contributed by atoms with van der Waals surface area (Å²) in [6.45, 7) is 7.24. The molecular weight excluding hydrogens is 278 g/mol. The number of hydrogen-bond donors (Lipinski definition) is 2. The maximum Gasteiger partial charge on any atom is 0.121 e. The third kappa shape index (κ3) is 2.87. The van der Waals surface area contributed by atoms with Crippen LogP contribution in [0.3, 0.4) is 0 Å². The number of nitrogens with zero attached hydrogens (tertiary/aromatic N) is 1. The molecular formula is C13H18BrN3. The molecule has 0 saturated heterocycles. The van der Waals surface area contributed by atoms with Crippen LogP contribution in [0.5, 0.6) is 0 Å². The lowest BCUT2D eigenvalue weighted by Crippen LogP contribution is -2.24. The van der Waals surface area contributed by atoms with Crippen molar-refractivity contribution in [2.24, 2.45) is 0 Å². The molecule has 0 spiro atoms. The molecule has 1 atom stereocenters. The lowest BCUT2D eigenvalue weighted by atomic mass is 10.2. The second-order valence-electron chi connectivity index (χ2n) is 4.49. The van der Waals surface area contributed by atoms with Crippen LogP contribution in [0.4, 0.5) is 0 Å². The number of aromatic amines is 1. The van der Waals surface area contributed by atoms with Crippen molar-refractivity contribution in [3.63, 3.8) is 0 Å². The summed E-state index contributed by atoms with van der Waals surface area (Å²) in [6.07, 6.45) is 1.13. The molecule has 2 aromatic rings. The van der Waals surface area contributed by atoms with Gasteiger partial charge in [0.05, 0.1) is 17.6 Å². The largest absolute Gasteiger partial charge is 0.341 e. The molecule has 0 fully saturated rings. The molecule has 17 heavy (non-hydrogen) atoms. The van der Waals surface area contributed by atoms with Crippen molar-refractivity contribution in [1.29, 1.82) is 0 Å². The molecule has 1 heterocycles. The summed E-state index contributed by atoms with van der Waals surface area (Å²) < 4.78 is 1.09. The van der Waals surface area contributed by atoms with E-state index in [-0.39, 0.29) is 0 Å². The molecule has 0 aliphatic carbocycles. The Kier molecular flexibility index (Phi) is 3.84. The Morgan fingerprint density at radius 1 is 1.47 bits per heavy atom. The van der Waals surface area contributed by atoms with Gasteiger partial charge in [0.2, 0.25) is 0 Å². The smallest absolute Gasteiger partial charge is 0.121 e. The fourth-order valence-corrected chi connectivity index (χ4v) is 2.37. The first-order valence-corrected chi connectivity index (χ1v) is 6.77. The van der Waals surface area contributed by atoms with Gasteiger partial charge in [0.1, 0.15) is 5.82 Å². The van der Waals surface area contributed by atoms with Crippen LogP contribution in [0.15, 0.2) is 16.6 Å². The van der Waals surface area contributed by atoms with Crippen LogP contribution < -0.4 is 5.32 Å². The van der Waals surface area contributed by atoms with E-state index in [4.69, 9.17) is 0 Å². The monoisotopic (exact) mass is 295 g/mol. The van der Waals surface area contributed by atoms with Crippen LogP contribution in [0, 0.1) is 6.92 Å². The van der Waals surface area contributed by atoms with Crippen molar-refractivity contribution < 1.29 is 0 Å². The van der Waals surface area contributed by atoms with Crippen molar-refractivity contribution in [1.82, 2.24) is 15.3 Å². The molecule has 1 aromatic carbocycles. The fourth-order valence-electron chi connectivity index (χ4n) is 1.80. The van der Waals surface area contributed by atoms with E-state index in [9.17, 15) is 0 Å². The van der Waals surface area contributed by atoms with Crippen molar-refractivity contribution in [2.75, 3.05) is 0 Å². The number of imidazole rings is 1. The van der Waals surface area contributed by atoms with E-state index < -0.39 is 0 Å². The minimum Gasteiger partial charge on any atom is -0.341 e. The molecule has 0 saturated carbocycles. The molecule has 0 amide bonds. The number of hydrogen-bond acceptors (Lipinski definition) is 2. The molecule has 0 bridgehead atoms. The predicted molar refractivity (Wildman–Crippen MR) is 75.1 cm³/mol. The van der Waals surface area contributed by atoms with Gasteiger partial charge in [0.15, 0.2) is 0 Å². The first-order valence-electron chi connectivity index (χ1n) is 5.98. The molecule has 0 aliphatic rings. The molecule has 2 N–H and O–H groups in total. The molecule has 2 rings (SSSR count). The van der Waals surface area contributed by atoms with Crippen molar-refractivity contribution in [3.05, 3.63) is 28.0 Å². The number of rotatable bonds is 4. The summed E-state index contributed by atoms with van der Waals surface area (Å²) in [5, 5.41) is 3.44. The van der Waals surface area contributed by atoms with Crippen molar-refractivity contribution in [3.8, 4) is 0 Å². The topological polar surface area (TPSA) is 40.7 Å². The second kappa shape index (κ2) is 5.19. The number of aromatic nitrogens is 2. The van der Waals surface area contributed by atoms with Gasteiger partial charge in [-0.3, -0.25) is 0 Å². The van der Waals surface area contributed by atoms with E-state index in [0.29, 0.717) is 6.04 Å². The molecule has 4 heteroatoms. The zero-order valence-corrected chi connectivity index (χ0v) is 12.1. The number of fused-ring (bicyclic) bond motifs is 1. The standard InChI is InChI=1S/C13H18BrN3/c1-4-9(3)15-7-12-16-11-6-10(14)5-8(2)13(11)17-12/h5-6,9,15H,4,7H2,1-3H3,(H,16,17). The minimum absolute atomic E-state index is 0.524. The molecule has 0 aliphatic heterocycles. The minimum atomic E-state index is 0.524. The Labute approximate surface area is 110 Å². The van der Waals surface area contributed by atoms with E-state index in [1.165, 1.54) is 5.56 Å². The van der Waals surface area contributed by atoms with Gasteiger partial charge in [0, 0.05) is 10.5 Å². The number of benzene rings is 1. The third-order valence-corrected chi connectivity index (χ3v) is 3.48. The maximum absolute atomic E-state index is 4.62. The lowest BCUT2D eigenvalue weighted by Gasteiger charge is -2.08. The van der Waals surface area contributed by atoms with E-state index >= 15 is 0 Å². The molecule has 1 unspecified atom stereocenters. The highest BCUT2D eigenvalue weighted by Crippen LogP contribution is 2.21. The maximum atomic E-state index is 4.62. The fraction of sp³-hybridized carbons (Fsp3) is 0.462. The molecule has 92 valence electrons. The van der Waals surface area contributed by atoms with Crippen LogP contribution in [-0.2, 0) is 6.54 Å². The number of aryl methyl sites for hydroxylation is 1.